The standard InChI is InChI=1S/C25H17Cl3N2O4/c1-13-4-3-5-19(14(13)2)30-23(31)21(28)22(24(30)32)29-17-9-6-15(7-10-17)25(33)34-20-11-8-16(26)12-18(20)27/h3-12,29H,1-2H3. The molecule has 1 aliphatic rings. The van der Waals surface area contributed by atoms with Gasteiger partial charge in [-0.1, -0.05) is 46.9 Å². The first-order valence-electron chi connectivity index (χ1n) is 10.1. The zero-order chi connectivity index (χ0) is 24.6. The van der Waals surface area contributed by atoms with Crippen LogP contribution in [0.25, 0.3) is 0 Å². The highest BCUT2D eigenvalue weighted by atomic mass is 35.5. The summed E-state index contributed by atoms with van der Waals surface area (Å²) < 4.78 is 5.31. The molecule has 172 valence electrons. The summed E-state index contributed by atoms with van der Waals surface area (Å²) in [5, 5.41) is 3.30. The monoisotopic (exact) mass is 514 g/mol. The van der Waals surface area contributed by atoms with E-state index in [1.165, 1.54) is 24.3 Å². The molecule has 9 heteroatoms. The number of halogens is 3. The summed E-state index contributed by atoms with van der Waals surface area (Å²) in [7, 11) is 0. The molecule has 0 bridgehead atoms. The van der Waals surface area contributed by atoms with Crippen LogP contribution in [-0.4, -0.2) is 17.8 Å². The van der Waals surface area contributed by atoms with E-state index in [2.05, 4.69) is 5.32 Å². The predicted molar refractivity (Wildman–Crippen MR) is 133 cm³/mol. The Balaban J connectivity index is 1.50. The molecule has 0 aromatic heterocycles. The van der Waals surface area contributed by atoms with Crippen molar-refractivity contribution in [3.8, 4) is 5.75 Å². The number of carbonyl (C=O) groups is 3. The summed E-state index contributed by atoms with van der Waals surface area (Å²) in [5.74, 6) is -1.62. The number of carbonyl (C=O) groups excluding carboxylic acids is 3. The van der Waals surface area contributed by atoms with Crippen molar-refractivity contribution in [3.63, 3.8) is 0 Å². The van der Waals surface area contributed by atoms with E-state index in [9.17, 15) is 14.4 Å². The van der Waals surface area contributed by atoms with E-state index in [0.717, 1.165) is 16.0 Å². The first-order valence-corrected chi connectivity index (χ1v) is 11.2. The van der Waals surface area contributed by atoms with Crippen molar-refractivity contribution in [2.24, 2.45) is 0 Å². The van der Waals surface area contributed by atoms with Crippen molar-refractivity contribution < 1.29 is 19.1 Å². The van der Waals surface area contributed by atoms with Crippen LogP contribution >= 0.6 is 34.8 Å². The van der Waals surface area contributed by atoms with Gasteiger partial charge in [-0.2, -0.15) is 0 Å². The summed E-state index contributed by atoms with van der Waals surface area (Å²) in [6.45, 7) is 3.73. The Morgan fingerprint density at radius 1 is 0.912 bits per heavy atom. The molecule has 0 fully saturated rings. The number of hydrogen-bond acceptors (Lipinski definition) is 5. The maximum atomic E-state index is 13.0. The second-order valence-corrected chi connectivity index (χ2v) is 8.74. The lowest BCUT2D eigenvalue weighted by atomic mass is 10.1. The molecule has 6 nitrogen and oxygen atoms in total. The van der Waals surface area contributed by atoms with Crippen molar-refractivity contribution in [1.82, 2.24) is 0 Å². The van der Waals surface area contributed by atoms with Gasteiger partial charge in [0.05, 0.1) is 16.3 Å². The van der Waals surface area contributed by atoms with Crippen LogP contribution in [0.2, 0.25) is 10.0 Å². The quantitative estimate of drug-likeness (QED) is 0.246. The minimum atomic E-state index is -0.624. The Morgan fingerprint density at radius 2 is 1.62 bits per heavy atom. The van der Waals surface area contributed by atoms with Gasteiger partial charge >= 0.3 is 5.97 Å². The molecule has 0 saturated carbocycles. The van der Waals surface area contributed by atoms with E-state index < -0.39 is 17.8 Å². The van der Waals surface area contributed by atoms with Crippen molar-refractivity contribution in [1.29, 1.82) is 0 Å². The van der Waals surface area contributed by atoms with Crippen molar-refractivity contribution in [2.75, 3.05) is 10.2 Å². The highest BCUT2D eigenvalue weighted by molar-refractivity contribution is 6.53. The first-order chi connectivity index (χ1) is 16.2. The lowest BCUT2D eigenvalue weighted by Crippen LogP contribution is -2.33. The van der Waals surface area contributed by atoms with Crippen LogP contribution in [0, 0.1) is 13.8 Å². The Morgan fingerprint density at radius 3 is 2.29 bits per heavy atom. The number of hydrogen-bond donors (Lipinski definition) is 1. The molecule has 1 N–H and O–H groups in total. The van der Waals surface area contributed by atoms with Crippen LogP contribution in [0.15, 0.2) is 71.4 Å². The fourth-order valence-electron chi connectivity index (χ4n) is 3.36. The van der Waals surface area contributed by atoms with E-state index in [1.807, 2.05) is 19.9 Å². The highest BCUT2D eigenvalue weighted by Gasteiger charge is 2.39. The van der Waals surface area contributed by atoms with Crippen LogP contribution in [0.3, 0.4) is 0 Å². The third kappa shape index (κ3) is 4.53. The second-order valence-electron chi connectivity index (χ2n) is 7.52. The summed E-state index contributed by atoms with van der Waals surface area (Å²) in [4.78, 5) is 39.3. The number of nitrogens with one attached hydrogen (secondary N) is 1. The molecular weight excluding hydrogens is 499 g/mol. The largest absolute Gasteiger partial charge is 0.421 e. The number of aryl methyl sites for hydroxylation is 1. The number of imide groups is 1. The average molecular weight is 516 g/mol. The highest BCUT2D eigenvalue weighted by Crippen LogP contribution is 2.33. The van der Waals surface area contributed by atoms with Crippen molar-refractivity contribution >= 4 is 64.0 Å². The van der Waals surface area contributed by atoms with Crippen LogP contribution < -0.4 is 15.0 Å². The maximum absolute atomic E-state index is 13.0. The van der Waals surface area contributed by atoms with Crippen LogP contribution in [0.1, 0.15) is 21.5 Å². The summed E-state index contributed by atoms with van der Waals surface area (Å²) in [6, 6.07) is 16.0. The third-order valence-corrected chi connectivity index (χ3v) is 6.21. The van der Waals surface area contributed by atoms with E-state index >= 15 is 0 Å². The topological polar surface area (TPSA) is 75.7 Å². The molecule has 1 heterocycles. The van der Waals surface area contributed by atoms with Gasteiger partial charge in [-0.25, -0.2) is 9.69 Å². The van der Waals surface area contributed by atoms with E-state index in [4.69, 9.17) is 39.5 Å². The first kappa shape index (κ1) is 23.8. The summed E-state index contributed by atoms with van der Waals surface area (Å²) in [6.07, 6.45) is 0. The number of amides is 2. The van der Waals surface area contributed by atoms with Gasteiger partial charge in [0.1, 0.15) is 16.5 Å². The van der Waals surface area contributed by atoms with Crippen molar-refractivity contribution in [2.45, 2.75) is 13.8 Å². The average Bonchev–Trinajstić information content (AvgIpc) is 3.01. The summed E-state index contributed by atoms with van der Waals surface area (Å²) in [5.41, 5.74) is 2.89. The van der Waals surface area contributed by atoms with Gasteiger partial charge in [0.25, 0.3) is 11.8 Å². The molecule has 4 rings (SSSR count). The lowest BCUT2D eigenvalue weighted by Gasteiger charge is -2.18. The molecular formula is C25H17Cl3N2O4. The Bertz CT molecular complexity index is 1370. The molecule has 1 aliphatic heterocycles. The van der Waals surface area contributed by atoms with Crippen molar-refractivity contribution in [3.05, 3.63) is 98.1 Å². The number of rotatable bonds is 5. The molecule has 0 spiro atoms. The molecule has 0 atom stereocenters. The predicted octanol–water partition coefficient (Wildman–Crippen LogP) is 6.27. The van der Waals surface area contributed by atoms with Gasteiger partial charge < -0.3 is 10.1 Å². The van der Waals surface area contributed by atoms with E-state index in [1.54, 1.807) is 30.3 Å². The fraction of sp³-hybridized carbons (Fsp3) is 0.0800. The molecule has 3 aromatic rings. The molecule has 0 aliphatic carbocycles. The van der Waals surface area contributed by atoms with Gasteiger partial charge in [-0.3, -0.25) is 9.59 Å². The van der Waals surface area contributed by atoms with Gasteiger partial charge in [0, 0.05) is 10.7 Å². The fourth-order valence-corrected chi connectivity index (χ4v) is 4.02. The zero-order valence-electron chi connectivity index (χ0n) is 18.0. The number of anilines is 2. The van der Waals surface area contributed by atoms with E-state index in [0.29, 0.717) is 16.4 Å². The Labute approximate surface area is 210 Å². The Hall–Kier alpha value is -3.32. The third-order valence-electron chi connectivity index (χ3n) is 5.33. The smallest absolute Gasteiger partial charge is 0.343 e. The molecule has 0 unspecified atom stereocenters. The van der Waals surface area contributed by atoms with Gasteiger partial charge in [-0.05, 0) is 73.5 Å². The van der Waals surface area contributed by atoms with Crippen LogP contribution in [0.4, 0.5) is 11.4 Å². The van der Waals surface area contributed by atoms with Gasteiger partial charge in [0.2, 0.25) is 0 Å². The molecule has 34 heavy (non-hydrogen) atoms. The molecule has 2 amide bonds. The molecule has 0 radical (unpaired) electrons. The van der Waals surface area contributed by atoms with Gasteiger partial charge in [-0.15, -0.1) is 0 Å². The maximum Gasteiger partial charge on any atom is 0.343 e. The SMILES string of the molecule is Cc1cccc(N2C(=O)C(Cl)=C(Nc3ccc(C(=O)Oc4ccc(Cl)cc4Cl)cc3)C2=O)c1C. The summed E-state index contributed by atoms with van der Waals surface area (Å²) >= 11 is 18.1. The van der Waals surface area contributed by atoms with Gasteiger partial charge in [0.15, 0.2) is 0 Å². The second kappa shape index (κ2) is 9.50. The number of ether oxygens (including phenoxy) is 1. The lowest BCUT2D eigenvalue weighted by molar-refractivity contribution is -0.120. The number of nitrogens with zero attached hydrogens (tertiary/aromatic N) is 1. The number of esters is 1. The van der Waals surface area contributed by atoms with Crippen LogP contribution in [-0.2, 0) is 9.59 Å². The zero-order valence-corrected chi connectivity index (χ0v) is 20.3. The number of benzene rings is 3. The van der Waals surface area contributed by atoms with E-state index in [-0.39, 0.29) is 27.1 Å². The molecule has 0 saturated heterocycles. The molecule has 3 aromatic carbocycles. The minimum absolute atomic E-state index is 0.0455. The van der Waals surface area contributed by atoms with Crippen LogP contribution in [0.5, 0.6) is 5.75 Å². The minimum Gasteiger partial charge on any atom is -0.421 e. The normalized spacial score (nSPS) is 13.5. The Kier molecular flexibility index (Phi) is 6.66.